The van der Waals surface area contributed by atoms with Crippen molar-refractivity contribution in [3.63, 3.8) is 0 Å². The third-order valence-electron chi connectivity index (χ3n) is 6.27. The number of rotatable bonds is 11. The molecule has 17 heteroatoms. The fourth-order valence-electron chi connectivity index (χ4n) is 4.87. The van der Waals surface area contributed by atoms with Crippen molar-refractivity contribution in [1.82, 2.24) is 5.32 Å². The lowest BCUT2D eigenvalue weighted by molar-refractivity contribution is -0.239. The minimum absolute atomic E-state index is 0.0289. The highest BCUT2D eigenvalue weighted by Gasteiger charge is 2.53. The van der Waals surface area contributed by atoms with E-state index in [0.29, 0.717) is 0 Å². The summed E-state index contributed by atoms with van der Waals surface area (Å²) in [4.78, 5) is 83.8. The Kier molecular flexibility index (Phi) is 13.8. The third kappa shape index (κ3) is 10.9. The predicted octanol–water partition coefficient (Wildman–Crippen LogP) is -0.0419. The third-order valence-corrected chi connectivity index (χ3v) is 7.52. The van der Waals surface area contributed by atoms with Crippen LogP contribution in [-0.2, 0) is 71.5 Å². The summed E-state index contributed by atoms with van der Waals surface area (Å²) in [5, 5.41) is 2.67. The van der Waals surface area contributed by atoms with E-state index in [0.717, 1.165) is 46.4 Å². The molecule has 16 nitrogen and oxygen atoms in total. The van der Waals surface area contributed by atoms with Crippen LogP contribution < -0.4 is 5.32 Å². The number of carbonyl (C=O) groups is 7. The Bertz CT molecular complexity index is 1100. The molecule has 2 heterocycles. The van der Waals surface area contributed by atoms with E-state index in [1.165, 1.54) is 13.8 Å². The van der Waals surface area contributed by atoms with Crippen molar-refractivity contribution < 1.29 is 71.5 Å². The first-order valence-corrected chi connectivity index (χ1v) is 14.7. The molecule has 0 aliphatic carbocycles. The van der Waals surface area contributed by atoms with Crippen molar-refractivity contribution in [2.75, 3.05) is 12.4 Å². The van der Waals surface area contributed by atoms with E-state index in [9.17, 15) is 33.6 Å². The summed E-state index contributed by atoms with van der Waals surface area (Å²) in [6.45, 7) is 9.29. The number of carbonyl (C=O) groups excluding carboxylic acids is 7. The van der Waals surface area contributed by atoms with Crippen LogP contribution in [0, 0.1) is 0 Å². The van der Waals surface area contributed by atoms with Crippen LogP contribution in [0.4, 0.5) is 0 Å². The highest BCUT2D eigenvalue weighted by atomic mass is 32.2. The molecule has 44 heavy (non-hydrogen) atoms. The van der Waals surface area contributed by atoms with Gasteiger partial charge in [-0.2, -0.15) is 0 Å². The summed E-state index contributed by atoms with van der Waals surface area (Å²) in [5.41, 5.74) is -1.04. The molecule has 0 spiro atoms. The summed E-state index contributed by atoms with van der Waals surface area (Å²) in [7, 11) is 0. The molecule has 1 amide bonds. The predicted molar refractivity (Wildman–Crippen MR) is 147 cm³/mol. The number of nitrogens with one attached hydrogen (secondary N) is 1. The molecule has 0 aromatic carbocycles. The molecule has 0 radical (unpaired) electrons. The Morgan fingerprint density at radius 2 is 1.05 bits per heavy atom. The van der Waals surface area contributed by atoms with Crippen LogP contribution >= 0.6 is 11.8 Å². The fourth-order valence-corrected chi connectivity index (χ4v) is 6.17. The maximum absolute atomic E-state index is 12.2. The van der Waals surface area contributed by atoms with Crippen molar-refractivity contribution in [2.45, 2.75) is 116 Å². The van der Waals surface area contributed by atoms with E-state index in [4.69, 9.17) is 37.9 Å². The van der Waals surface area contributed by atoms with Crippen molar-refractivity contribution >= 4 is 53.5 Å². The monoisotopic (exact) mass is 649 g/mol. The zero-order chi connectivity index (χ0) is 33.3. The number of amides is 1. The molecule has 2 saturated heterocycles. The van der Waals surface area contributed by atoms with Crippen molar-refractivity contribution in [3.8, 4) is 0 Å². The highest BCUT2D eigenvalue weighted by molar-refractivity contribution is 7.99. The fraction of sp³-hybridized carbons (Fsp3) is 0.741. The minimum Gasteiger partial charge on any atom is -0.463 e. The van der Waals surface area contributed by atoms with Gasteiger partial charge in [0, 0.05) is 54.2 Å². The normalized spacial score (nSPS) is 31.5. The quantitative estimate of drug-likeness (QED) is 0.230. The molecule has 0 saturated carbocycles. The largest absolute Gasteiger partial charge is 0.463 e. The lowest BCUT2D eigenvalue weighted by Gasteiger charge is -2.46. The molecule has 10 atom stereocenters. The van der Waals surface area contributed by atoms with Crippen molar-refractivity contribution in [3.05, 3.63) is 0 Å². The maximum atomic E-state index is 12.2. The van der Waals surface area contributed by atoms with E-state index in [-0.39, 0.29) is 12.4 Å². The van der Waals surface area contributed by atoms with Crippen LogP contribution in [0.25, 0.3) is 0 Å². The zero-order valence-electron chi connectivity index (χ0n) is 25.7. The van der Waals surface area contributed by atoms with Gasteiger partial charge in [0.1, 0.15) is 30.3 Å². The molecular formula is C27H39NO15S. The summed E-state index contributed by atoms with van der Waals surface area (Å²) in [5.74, 6) is -4.83. The first-order valence-electron chi connectivity index (χ1n) is 13.7. The standard InChI is InChI=1S/C27H39NO15S/c1-11-22(38-14(4)31)26(42-18(8)35)24(40-16(6)33)20(37-11)10-44-27-21(28-12(2)29)25(41-17(7)34)23(39-15(5)32)19(43-27)9-36-13(3)30/h11,19-27H,9-10H2,1-8H3,(H,28,29)/t11?,19?,20-,21?,22+,23?,24?,25-,26?,27-/m0/s1. The van der Waals surface area contributed by atoms with Gasteiger partial charge in [-0.1, -0.05) is 0 Å². The summed E-state index contributed by atoms with van der Waals surface area (Å²) < 4.78 is 44.5. The first-order chi connectivity index (χ1) is 20.5. The van der Waals surface area contributed by atoms with Crippen LogP contribution in [-0.4, -0.2) is 114 Å². The van der Waals surface area contributed by atoms with E-state index < -0.39 is 102 Å². The zero-order valence-corrected chi connectivity index (χ0v) is 26.5. The van der Waals surface area contributed by atoms with Crippen molar-refractivity contribution in [2.24, 2.45) is 0 Å². The van der Waals surface area contributed by atoms with E-state index >= 15 is 0 Å². The molecule has 2 fully saturated rings. The first kappa shape index (κ1) is 36.8. The molecule has 1 N–H and O–H groups in total. The van der Waals surface area contributed by atoms with Crippen LogP contribution in [0.1, 0.15) is 55.4 Å². The second kappa shape index (κ2) is 16.6. The average molecular weight is 650 g/mol. The van der Waals surface area contributed by atoms with Gasteiger partial charge in [0.25, 0.3) is 0 Å². The molecular weight excluding hydrogens is 610 g/mol. The van der Waals surface area contributed by atoms with E-state index in [1.54, 1.807) is 6.92 Å². The molecule has 2 rings (SSSR count). The average Bonchev–Trinajstić information content (AvgIpc) is 2.87. The Hall–Kier alpha value is -3.44. The van der Waals surface area contributed by atoms with Gasteiger partial charge < -0.3 is 43.2 Å². The van der Waals surface area contributed by atoms with Gasteiger partial charge in [-0.25, -0.2) is 0 Å². The second-order valence-corrected chi connectivity index (χ2v) is 11.3. The summed E-state index contributed by atoms with van der Waals surface area (Å²) in [6, 6.07) is -1.09. The minimum atomic E-state index is -1.28. The topological polar surface area (TPSA) is 205 Å². The van der Waals surface area contributed by atoms with Crippen LogP contribution in [0.15, 0.2) is 0 Å². The summed E-state index contributed by atoms with van der Waals surface area (Å²) in [6.07, 6.45) is -9.04. The lowest BCUT2D eigenvalue weighted by Crippen LogP contribution is -2.65. The Morgan fingerprint density at radius 3 is 1.52 bits per heavy atom. The van der Waals surface area contributed by atoms with E-state index in [1.807, 2.05) is 0 Å². The van der Waals surface area contributed by atoms with Gasteiger partial charge in [0.15, 0.2) is 30.5 Å². The van der Waals surface area contributed by atoms with Gasteiger partial charge in [0.2, 0.25) is 5.91 Å². The smallest absolute Gasteiger partial charge is 0.303 e. The Morgan fingerprint density at radius 1 is 0.591 bits per heavy atom. The molecule has 6 unspecified atom stereocenters. The van der Waals surface area contributed by atoms with E-state index in [2.05, 4.69) is 5.32 Å². The molecule has 2 aliphatic heterocycles. The van der Waals surface area contributed by atoms with Gasteiger partial charge in [-0.05, 0) is 6.92 Å². The van der Waals surface area contributed by atoms with Gasteiger partial charge >= 0.3 is 35.8 Å². The molecule has 2 aliphatic rings. The highest BCUT2D eigenvalue weighted by Crippen LogP contribution is 2.36. The lowest BCUT2D eigenvalue weighted by atomic mass is 9.95. The molecule has 248 valence electrons. The Labute approximate surface area is 258 Å². The number of thioether (sulfide) groups is 1. The number of esters is 6. The van der Waals surface area contributed by atoms with Gasteiger partial charge in [0.05, 0.1) is 6.10 Å². The van der Waals surface area contributed by atoms with Crippen LogP contribution in [0.3, 0.4) is 0 Å². The van der Waals surface area contributed by atoms with Crippen molar-refractivity contribution in [1.29, 1.82) is 0 Å². The molecule has 0 aromatic rings. The SMILES string of the molecule is CC(=O)NC1[C@H](OC(C)=O)C(OC(C)=O)C(COC(C)=O)O[C@H]1SC[C@@H]1OC(C)[C@@H](OC(C)=O)C(OC(C)=O)C1OC(C)=O. The molecule has 0 bridgehead atoms. The number of hydrogen-bond donors (Lipinski definition) is 1. The number of hydrogen-bond acceptors (Lipinski definition) is 16. The summed E-state index contributed by atoms with van der Waals surface area (Å²) >= 11 is 1.04. The van der Waals surface area contributed by atoms with Gasteiger partial charge in [-0.15, -0.1) is 11.8 Å². The molecule has 0 aromatic heterocycles. The number of ether oxygens (including phenoxy) is 8. The Balaban J connectivity index is 2.48. The van der Waals surface area contributed by atoms with Crippen LogP contribution in [0.2, 0.25) is 0 Å². The second-order valence-electron chi connectivity index (χ2n) is 10.2. The maximum Gasteiger partial charge on any atom is 0.303 e. The van der Waals surface area contributed by atoms with Gasteiger partial charge in [-0.3, -0.25) is 33.6 Å². The van der Waals surface area contributed by atoms with Crippen LogP contribution in [0.5, 0.6) is 0 Å².